The van der Waals surface area contributed by atoms with E-state index in [4.69, 9.17) is 23.2 Å². The van der Waals surface area contributed by atoms with Gasteiger partial charge in [-0.1, -0.05) is 53.5 Å². The van der Waals surface area contributed by atoms with Gasteiger partial charge in [0.2, 0.25) is 11.6 Å². The van der Waals surface area contributed by atoms with Crippen molar-refractivity contribution in [1.29, 1.82) is 0 Å². The molecule has 1 heterocycles. The van der Waals surface area contributed by atoms with Crippen LogP contribution in [0.4, 0.5) is 17.3 Å². The second kappa shape index (κ2) is 9.38. The molecule has 1 unspecified atom stereocenters. The first-order valence-corrected chi connectivity index (χ1v) is 9.44. The maximum atomic E-state index is 12.3. The lowest BCUT2D eigenvalue weighted by atomic mass is 10.1. The van der Waals surface area contributed by atoms with Crippen molar-refractivity contribution in [2.24, 2.45) is 0 Å². The summed E-state index contributed by atoms with van der Waals surface area (Å²) in [6, 6.07) is 13.5. The number of carbonyl (C=O) groups excluding carboxylic acids is 1. The highest BCUT2D eigenvalue weighted by molar-refractivity contribution is 6.36. The smallest absolute Gasteiger partial charge is 0.354 e. The van der Waals surface area contributed by atoms with Crippen LogP contribution >= 0.6 is 23.2 Å². The second-order valence-corrected chi connectivity index (χ2v) is 7.00. The molecule has 0 bridgehead atoms. The molecule has 0 radical (unpaired) electrons. The van der Waals surface area contributed by atoms with Crippen LogP contribution in [0.15, 0.2) is 54.9 Å². The molecular weight excluding hydrogens is 431 g/mol. The zero-order chi connectivity index (χ0) is 21.7. The molecular formula is C19H16Cl2N6O3. The normalized spacial score (nSPS) is 11.4. The molecule has 3 N–H and O–H groups in total. The molecule has 2 aromatic carbocycles. The lowest BCUT2D eigenvalue weighted by Crippen LogP contribution is -2.30. The summed E-state index contributed by atoms with van der Waals surface area (Å²) in [5.74, 6) is -0.791. The number of amides is 1. The van der Waals surface area contributed by atoms with Gasteiger partial charge < -0.3 is 5.32 Å². The number of carbonyl (C=O) groups is 1. The Kier molecular flexibility index (Phi) is 6.65. The second-order valence-electron chi connectivity index (χ2n) is 6.16. The maximum Gasteiger partial charge on any atom is 0.354 e. The van der Waals surface area contributed by atoms with Crippen LogP contribution in [0.2, 0.25) is 10.0 Å². The van der Waals surface area contributed by atoms with Crippen LogP contribution in [-0.2, 0) is 0 Å². The van der Waals surface area contributed by atoms with E-state index in [9.17, 15) is 14.9 Å². The zero-order valence-electron chi connectivity index (χ0n) is 15.6. The van der Waals surface area contributed by atoms with E-state index in [1.54, 1.807) is 0 Å². The molecule has 0 saturated heterocycles. The number of nitrogens with zero attached hydrogens (tertiary/aromatic N) is 3. The minimum absolute atomic E-state index is 0.00706. The van der Waals surface area contributed by atoms with Crippen LogP contribution in [-0.4, -0.2) is 20.8 Å². The largest absolute Gasteiger partial charge is 0.358 e. The van der Waals surface area contributed by atoms with Gasteiger partial charge in [0.1, 0.15) is 6.33 Å². The third kappa shape index (κ3) is 4.94. The molecule has 0 fully saturated rings. The van der Waals surface area contributed by atoms with Crippen LogP contribution in [0.5, 0.6) is 0 Å². The number of anilines is 2. The first kappa shape index (κ1) is 21.3. The van der Waals surface area contributed by atoms with Gasteiger partial charge in [0.25, 0.3) is 5.91 Å². The maximum absolute atomic E-state index is 12.3. The summed E-state index contributed by atoms with van der Waals surface area (Å²) in [4.78, 5) is 31.2. The Morgan fingerprint density at radius 2 is 1.80 bits per heavy atom. The van der Waals surface area contributed by atoms with Gasteiger partial charge in [0.05, 0.1) is 21.6 Å². The van der Waals surface area contributed by atoms with E-state index in [0.29, 0.717) is 5.02 Å². The highest BCUT2D eigenvalue weighted by atomic mass is 35.5. The molecule has 0 aliphatic rings. The first-order valence-electron chi connectivity index (χ1n) is 8.69. The van der Waals surface area contributed by atoms with Gasteiger partial charge in [0, 0.05) is 5.02 Å². The highest BCUT2D eigenvalue weighted by Crippen LogP contribution is 2.31. The van der Waals surface area contributed by atoms with Gasteiger partial charge in [0.15, 0.2) is 0 Å². The van der Waals surface area contributed by atoms with E-state index >= 15 is 0 Å². The van der Waals surface area contributed by atoms with Crippen molar-refractivity contribution in [2.75, 3.05) is 10.7 Å². The molecule has 1 amide bonds. The summed E-state index contributed by atoms with van der Waals surface area (Å²) in [5.41, 5.74) is 5.46. The number of halogens is 2. The standard InChI is InChI=1S/C19H16Cl2N6O3/c1-11(12-5-3-2-4-6-12)24-17-16(27(29)30)18(23-10-22-17)25-26-19(28)14-8-7-13(20)9-15(14)21/h2-11H,1H3,(H,26,28)(H2,22,23,24,25). The fourth-order valence-corrected chi connectivity index (χ4v) is 3.13. The average molecular weight is 447 g/mol. The fraction of sp³-hybridized carbons (Fsp3) is 0.105. The number of benzene rings is 2. The Labute approximate surface area is 181 Å². The Morgan fingerprint density at radius 1 is 1.10 bits per heavy atom. The van der Waals surface area contributed by atoms with Crippen LogP contribution in [0, 0.1) is 10.1 Å². The van der Waals surface area contributed by atoms with E-state index in [1.165, 1.54) is 18.2 Å². The van der Waals surface area contributed by atoms with E-state index in [0.717, 1.165) is 11.9 Å². The van der Waals surface area contributed by atoms with Crippen LogP contribution in [0.3, 0.4) is 0 Å². The number of nitrogens with one attached hydrogen (secondary N) is 3. The van der Waals surface area contributed by atoms with Gasteiger partial charge in [-0.3, -0.25) is 25.8 Å². The molecule has 11 heteroatoms. The van der Waals surface area contributed by atoms with Crippen molar-refractivity contribution in [3.63, 3.8) is 0 Å². The summed E-state index contributed by atoms with van der Waals surface area (Å²) >= 11 is 11.8. The monoisotopic (exact) mass is 446 g/mol. The topological polar surface area (TPSA) is 122 Å². The van der Waals surface area contributed by atoms with Crippen LogP contribution < -0.4 is 16.2 Å². The lowest BCUT2D eigenvalue weighted by molar-refractivity contribution is -0.383. The third-order valence-electron chi connectivity index (χ3n) is 4.13. The van der Waals surface area contributed by atoms with Gasteiger partial charge >= 0.3 is 5.69 Å². The van der Waals surface area contributed by atoms with Gasteiger partial charge in [-0.25, -0.2) is 9.97 Å². The zero-order valence-corrected chi connectivity index (χ0v) is 17.1. The van der Waals surface area contributed by atoms with Crippen molar-refractivity contribution in [1.82, 2.24) is 15.4 Å². The molecule has 30 heavy (non-hydrogen) atoms. The summed E-state index contributed by atoms with van der Waals surface area (Å²) in [6.45, 7) is 1.85. The van der Waals surface area contributed by atoms with Gasteiger partial charge in [-0.2, -0.15) is 0 Å². The number of nitro groups is 1. The molecule has 0 saturated carbocycles. The SMILES string of the molecule is CC(Nc1ncnc(NNC(=O)c2ccc(Cl)cc2Cl)c1[N+](=O)[O-])c1ccccc1. The summed E-state index contributed by atoms with van der Waals surface area (Å²) in [6.07, 6.45) is 1.15. The minimum Gasteiger partial charge on any atom is -0.358 e. The number of rotatable bonds is 7. The molecule has 3 rings (SSSR count). The van der Waals surface area contributed by atoms with Crippen molar-refractivity contribution in [3.8, 4) is 0 Å². The van der Waals surface area contributed by atoms with Crippen molar-refractivity contribution in [3.05, 3.63) is 86.1 Å². The van der Waals surface area contributed by atoms with E-state index < -0.39 is 16.5 Å². The lowest BCUT2D eigenvalue weighted by Gasteiger charge is -2.16. The first-order chi connectivity index (χ1) is 14.4. The minimum atomic E-state index is -0.635. The van der Waals surface area contributed by atoms with Gasteiger partial charge in [-0.15, -0.1) is 0 Å². The van der Waals surface area contributed by atoms with E-state index in [2.05, 4.69) is 26.1 Å². The highest BCUT2D eigenvalue weighted by Gasteiger charge is 2.25. The van der Waals surface area contributed by atoms with Crippen molar-refractivity contribution in [2.45, 2.75) is 13.0 Å². The molecule has 0 spiro atoms. The molecule has 3 aromatic rings. The summed E-state index contributed by atoms with van der Waals surface area (Å²) in [7, 11) is 0. The third-order valence-corrected chi connectivity index (χ3v) is 4.68. The molecule has 0 aliphatic heterocycles. The molecule has 0 aliphatic carbocycles. The number of hydrazine groups is 1. The number of hydrogen-bond donors (Lipinski definition) is 3. The molecule has 1 atom stereocenters. The Balaban J connectivity index is 1.80. The Hall–Kier alpha value is -3.43. The summed E-state index contributed by atoms with van der Waals surface area (Å²) in [5, 5.41) is 15.2. The molecule has 9 nitrogen and oxygen atoms in total. The van der Waals surface area contributed by atoms with Gasteiger partial charge in [-0.05, 0) is 30.7 Å². The van der Waals surface area contributed by atoms with Crippen LogP contribution in [0.1, 0.15) is 28.9 Å². The predicted molar refractivity (Wildman–Crippen MR) is 115 cm³/mol. The fourth-order valence-electron chi connectivity index (χ4n) is 2.64. The number of aromatic nitrogens is 2. The van der Waals surface area contributed by atoms with E-state index in [-0.39, 0.29) is 28.3 Å². The number of hydrogen-bond acceptors (Lipinski definition) is 7. The molecule has 1 aromatic heterocycles. The Morgan fingerprint density at radius 3 is 2.47 bits per heavy atom. The quantitative estimate of drug-likeness (QED) is 0.357. The Bertz CT molecular complexity index is 1080. The summed E-state index contributed by atoms with van der Waals surface area (Å²) < 4.78 is 0. The van der Waals surface area contributed by atoms with Crippen molar-refractivity contribution >= 4 is 46.4 Å². The van der Waals surface area contributed by atoms with Crippen LogP contribution in [0.25, 0.3) is 0 Å². The van der Waals surface area contributed by atoms with Crippen molar-refractivity contribution < 1.29 is 9.72 Å². The predicted octanol–water partition coefficient (Wildman–Crippen LogP) is 4.62. The molecule has 154 valence electrons. The average Bonchev–Trinajstić information content (AvgIpc) is 2.72. The van der Waals surface area contributed by atoms with E-state index in [1.807, 2.05) is 37.3 Å².